The first-order chi connectivity index (χ1) is 16.0. The standard InChI is InChI=1S/C25H21F2N3O3/c1-16-22(15-28-30(16)19-6-4-3-5-7-19)24(31)29-18-10-13-23(33-25(26)27)21(14-18)17-8-11-20(32-2)12-9-17/h3-15,25H,1-2H3,(H,29,31). The third kappa shape index (κ3) is 4.85. The quantitative estimate of drug-likeness (QED) is 0.393. The van der Waals surface area contributed by atoms with Crippen LogP contribution in [-0.2, 0) is 0 Å². The lowest BCUT2D eigenvalue weighted by atomic mass is 10.0. The maximum Gasteiger partial charge on any atom is 0.387 e. The molecule has 0 aliphatic rings. The highest BCUT2D eigenvalue weighted by molar-refractivity contribution is 6.05. The zero-order valence-corrected chi connectivity index (χ0v) is 18.0. The summed E-state index contributed by atoms with van der Waals surface area (Å²) < 4.78 is 37.4. The molecule has 0 saturated carbocycles. The molecule has 8 heteroatoms. The molecule has 168 valence electrons. The van der Waals surface area contributed by atoms with Crippen molar-refractivity contribution in [3.63, 3.8) is 0 Å². The maximum atomic E-state index is 12.9. The number of halogens is 2. The Balaban J connectivity index is 1.63. The van der Waals surface area contributed by atoms with Crippen LogP contribution < -0.4 is 14.8 Å². The summed E-state index contributed by atoms with van der Waals surface area (Å²) in [5, 5.41) is 7.13. The zero-order chi connectivity index (χ0) is 23.4. The van der Waals surface area contributed by atoms with Crippen LogP contribution in [-0.4, -0.2) is 29.4 Å². The van der Waals surface area contributed by atoms with Gasteiger partial charge in [0.2, 0.25) is 0 Å². The van der Waals surface area contributed by atoms with Gasteiger partial charge >= 0.3 is 6.61 Å². The Hall–Kier alpha value is -4.20. The minimum absolute atomic E-state index is 0.00115. The van der Waals surface area contributed by atoms with E-state index in [1.165, 1.54) is 18.3 Å². The van der Waals surface area contributed by atoms with Crippen LogP contribution in [0.25, 0.3) is 16.8 Å². The monoisotopic (exact) mass is 449 g/mol. The normalized spacial score (nSPS) is 10.8. The summed E-state index contributed by atoms with van der Waals surface area (Å²) in [5.74, 6) is 0.268. The second kappa shape index (κ2) is 9.52. The highest BCUT2D eigenvalue weighted by atomic mass is 19.3. The highest BCUT2D eigenvalue weighted by Crippen LogP contribution is 2.35. The molecule has 3 aromatic carbocycles. The average molecular weight is 449 g/mol. The van der Waals surface area contributed by atoms with E-state index < -0.39 is 6.61 Å². The molecule has 0 aliphatic carbocycles. The number of amides is 1. The smallest absolute Gasteiger partial charge is 0.387 e. The number of benzene rings is 3. The Labute approximate surface area is 189 Å². The lowest BCUT2D eigenvalue weighted by Crippen LogP contribution is -2.13. The van der Waals surface area contributed by atoms with Crippen molar-refractivity contribution in [2.75, 3.05) is 12.4 Å². The van der Waals surface area contributed by atoms with E-state index in [9.17, 15) is 13.6 Å². The molecule has 4 rings (SSSR count). The molecule has 0 saturated heterocycles. The first kappa shape index (κ1) is 22.0. The van der Waals surface area contributed by atoms with E-state index in [-0.39, 0.29) is 11.7 Å². The minimum Gasteiger partial charge on any atom is -0.497 e. The van der Waals surface area contributed by atoms with Crippen LogP contribution in [0.5, 0.6) is 11.5 Å². The van der Waals surface area contributed by atoms with Crippen molar-refractivity contribution < 1.29 is 23.0 Å². The van der Waals surface area contributed by atoms with E-state index in [0.29, 0.717) is 33.8 Å². The number of nitrogens with zero attached hydrogens (tertiary/aromatic N) is 2. The molecule has 0 bridgehead atoms. The van der Waals surface area contributed by atoms with Gasteiger partial charge in [0.1, 0.15) is 11.5 Å². The topological polar surface area (TPSA) is 65.4 Å². The molecule has 1 N–H and O–H groups in total. The van der Waals surface area contributed by atoms with E-state index in [2.05, 4.69) is 15.2 Å². The maximum absolute atomic E-state index is 12.9. The van der Waals surface area contributed by atoms with Crippen LogP contribution in [0, 0.1) is 6.92 Å². The van der Waals surface area contributed by atoms with Crippen molar-refractivity contribution in [3.8, 4) is 28.3 Å². The Kier molecular flexibility index (Phi) is 6.35. The van der Waals surface area contributed by atoms with Gasteiger partial charge in [-0.25, -0.2) is 4.68 Å². The number of anilines is 1. The van der Waals surface area contributed by atoms with Gasteiger partial charge in [-0.05, 0) is 55.0 Å². The van der Waals surface area contributed by atoms with Gasteiger partial charge in [-0.3, -0.25) is 4.79 Å². The Morgan fingerprint density at radius 2 is 1.76 bits per heavy atom. The number of rotatable bonds is 7. The van der Waals surface area contributed by atoms with Crippen LogP contribution in [0.15, 0.2) is 79.0 Å². The number of aromatic nitrogens is 2. The fourth-order valence-electron chi connectivity index (χ4n) is 3.46. The van der Waals surface area contributed by atoms with Gasteiger partial charge in [0.05, 0.1) is 30.3 Å². The molecule has 1 aromatic heterocycles. The van der Waals surface area contributed by atoms with Crippen molar-refractivity contribution in [1.29, 1.82) is 0 Å². The van der Waals surface area contributed by atoms with Crippen LogP contribution >= 0.6 is 0 Å². The van der Waals surface area contributed by atoms with Crippen molar-refractivity contribution in [2.24, 2.45) is 0 Å². The summed E-state index contributed by atoms with van der Waals surface area (Å²) in [4.78, 5) is 12.9. The van der Waals surface area contributed by atoms with E-state index in [0.717, 1.165) is 5.69 Å². The third-order valence-electron chi connectivity index (χ3n) is 5.11. The van der Waals surface area contributed by atoms with Gasteiger partial charge < -0.3 is 14.8 Å². The summed E-state index contributed by atoms with van der Waals surface area (Å²) >= 11 is 0. The molecule has 0 aliphatic heterocycles. The predicted octanol–water partition coefficient (Wildman–Crippen LogP) is 5.71. The van der Waals surface area contributed by atoms with Crippen LogP contribution in [0.1, 0.15) is 16.1 Å². The lowest BCUT2D eigenvalue weighted by Gasteiger charge is -2.14. The molecule has 0 radical (unpaired) electrons. The fourth-order valence-corrected chi connectivity index (χ4v) is 3.46. The first-order valence-electron chi connectivity index (χ1n) is 10.1. The van der Waals surface area contributed by atoms with Gasteiger partial charge in [-0.2, -0.15) is 13.9 Å². The molecule has 1 heterocycles. The number of methoxy groups -OCH3 is 1. The Bertz CT molecular complexity index is 1260. The van der Waals surface area contributed by atoms with E-state index >= 15 is 0 Å². The summed E-state index contributed by atoms with van der Waals surface area (Å²) in [6.45, 7) is -1.18. The van der Waals surface area contributed by atoms with Crippen LogP contribution in [0.4, 0.5) is 14.5 Å². The van der Waals surface area contributed by atoms with Crippen molar-refractivity contribution >= 4 is 11.6 Å². The first-order valence-corrected chi connectivity index (χ1v) is 10.1. The summed E-state index contributed by atoms with van der Waals surface area (Å²) in [6, 6.07) is 20.9. The van der Waals surface area contributed by atoms with Gasteiger partial charge in [0, 0.05) is 11.3 Å². The summed E-state index contributed by atoms with van der Waals surface area (Å²) in [5.41, 5.74) is 3.39. The molecule has 6 nitrogen and oxygen atoms in total. The number of para-hydroxylation sites is 1. The number of hydrogen-bond acceptors (Lipinski definition) is 4. The minimum atomic E-state index is -2.98. The average Bonchev–Trinajstić information content (AvgIpc) is 3.22. The molecule has 1 amide bonds. The lowest BCUT2D eigenvalue weighted by molar-refractivity contribution is -0.0494. The van der Waals surface area contributed by atoms with Crippen LogP contribution in [0.2, 0.25) is 0 Å². The number of hydrogen-bond donors (Lipinski definition) is 1. The number of ether oxygens (including phenoxy) is 2. The van der Waals surface area contributed by atoms with Crippen molar-refractivity contribution in [2.45, 2.75) is 13.5 Å². The number of alkyl halides is 2. The molecular formula is C25H21F2N3O3. The number of carbonyl (C=O) groups excluding carboxylic acids is 1. The molecule has 0 unspecified atom stereocenters. The van der Waals surface area contributed by atoms with E-state index in [4.69, 9.17) is 4.74 Å². The van der Waals surface area contributed by atoms with Gasteiger partial charge in [0.25, 0.3) is 5.91 Å². The fraction of sp³-hybridized carbons (Fsp3) is 0.120. The highest BCUT2D eigenvalue weighted by Gasteiger charge is 2.17. The SMILES string of the molecule is COc1ccc(-c2cc(NC(=O)c3cnn(-c4ccccc4)c3C)ccc2OC(F)F)cc1. The molecule has 4 aromatic rings. The summed E-state index contributed by atoms with van der Waals surface area (Å²) in [7, 11) is 1.54. The Morgan fingerprint density at radius 1 is 1.03 bits per heavy atom. The second-order valence-electron chi connectivity index (χ2n) is 7.16. The van der Waals surface area contributed by atoms with Gasteiger partial charge in [-0.15, -0.1) is 0 Å². The third-order valence-corrected chi connectivity index (χ3v) is 5.11. The molecule has 0 atom stereocenters. The largest absolute Gasteiger partial charge is 0.497 e. The van der Waals surface area contributed by atoms with Gasteiger partial charge in [-0.1, -0.05) is 30.3 Å². The predicted molar refractivity (Wildman–Crippen MR) is 121 cm³/mol. The zero-order valence-electron chi connectivity index (χ0n) is 18.0. The van der Waals surface area contributed by atoms with Crippen LogP contribution in [0.3, 0.4) is 0 Å². The van der Waals surface area contributed by atoms with E-state index in [1.54, 1.807) is 49.0 Å². The molecule has 0 fully saturated rings. The number of carbonyl (C=O) groups is 1. The van der Waals surface area contributed by atoms with Crippen molar-refractivity contribution in [1.82, 2.24) is 9.78 Å². The number of nitrogens with one attached hydrogen (secondary N) is 1. The van der Waals surface area contributed by atoms with Crippen molar-refractivity contribution in [3.05, 3.63) is 90.3 Å². The summed E-state index contributed by atoms with van der Waals surface area (Å²) in [6.07, 6.45) is 1.50. The Morgan fingerprint density at radius 3 is 2.42 bits per heavy atom. The molecule has 0 spiro atoms. The molecule has 33 heavy (non-hydrogen) atoms. The second-order valence-corrected chi connectivity index (χ2v) is 7.16. The molecular weight excluding hydrogens is 428 g/mol. The van der Waals surface area contributed by atoms with E-state index in [1.807, 2.05) is 30.3 Å². The van der Waals surface area contributed by atoms with Gasteiger partial charge in [0.15, 0.2) is 0 Å².